The van der Waals surface area contributed by atoms with Gasteiger partial charge in [0.2, 0.25) is 0 Å². The molecule has 1 fully saturated rings. The van der Waals surface area contributed by atoms with E-state index in [1.807, 2.05) is 43.3 Å². The normalized spacial score (nSPS) is 17.7. The van der Waals surface area contributed by atoms with Crippen molar-refractivity contribution in [2.75, 3.05) is 6.61 Å². The quantitative estimate of drug-likeness (QED) is 0.373. The van der Waals surface area contributed by atoms with Gasteiger partial charge in [-0.25, -0.2) is 0 Å². The van der Waals surface area contributed by atoms with Crippen LogP contribution in [0, 0.1) is 0 Å². The fourth-order valence-corrected chi connectivity index (χ4v) is 3.75. The van der Waals surface area contributed by atoms with Gasteiger partial charge in [0, 0.05) is 11.8 Å². The number of hydrogen-bond acceptors (Lipinski definition) is 5. The molecule has 1 amide bonds. The summed E-state index contributed by atoms with van der Waals surface area (Å²) in [7, 11) is 0. The van der Waals surface area contributed by atoms with Crippen LogP contribution in [0.3, 0.4) is 0 Å². The molecule has 31 heavy (non-hydrogen) atoms. The summed E-state index contributed by atoms with van der Waals surface area (Å²) in [4.78, 5) is 31.8. The highest BCUT2D eigenvalue weighted by Gasteiger charge is 2.46. The minimum Gasteiger partial charge on any atom is -0.507 e. The van der Waals surface area contributed by atoms with Crippen LogP contribution in [0.1, 0.15) is 29.8 Å². The Morgan fingerprint density at radius 1 is 1.03 bits per heavy atom. The molecule has 0 saturated carbocycles. The smallest absolute Gasteiger partial charge is 0.296 e. The number of Topliss-reactive ketones (excluding diaryl/α,β-unsaturated/α-hetero) is 1. The summed E-state index contributed by atoms with van der Waals surface area (Å²) in [6.07, 6.45) is 1.64. The van der Waals surface area contributed by atoms with Crippen molar-refractivity contribution in [1.29, 1.82) is 0 Å². The molecule has 6 nitrogen and oxygen atoms in total. The molecule has 0 bridgehead atoms. The van der Waals surface area contributed by atoms with Crippen LogP contribution in [0.4, 0.5) is 0 Å². The van der Waals surface area contributed by atoms with Crippen LogP contribution in [-0.2, 0) is 16.1 Å². The molecule has 1 aliphatic rings. The second kappa shape index (κ2) is 8.83. The predicted octanol–water partition coefficient (Wildman–Crippen LogP) is 4.10. The molecule has 3 aromatic rings. The van der Waals surface area contributed by atoms with Gasteiger partial charge in [-0.3, -0.25) is 14.6 Å². The van der Waals surface area contributed by atoms with Gasteiger partial charge in [0.05, 0.1) is 30.5 Å². The van der Waals surface area contributed by atoms with Crippen molar-refractivity contribution >= 4 is 17.4 Å². The number of pyridine rings is 1. The molecule has 2 heterocycles. The van der Waals surface area contributed by atoms with Crippen molar-refractivity contribution in [3.8, 4) is 5.75 Å². The number of aliphatic hydroxyl groups excluding tert-OH is 1. The number of benzene rings is 2. The maximum Gasteiger partial charge on any atom is 0.296 e. The Bertz CT molecular complexity index is 1130. The number of amides is 1. The van der Waals surface area contributed by atoms with Gasteiger partial charge < -0.3 is 14.7 Å². The van der Waals surface area contributed by atoms with E-state index in [9.17, 15) is 14.7 Å². The number of rotatable bonds is 6. The first-order valence-electron chi connectivity index (χ1n) is 10.1. The first-order valence-corrected chi connectivity index (χ1v) is 10.1. The van der Waals surface area contributed by atoms with E-state index in [-0.39, 0.29) is 17.9 Å². The Hall–Kier alpha value is -3.93. The summed E-state index contributed by atoms with van der Waals surface area (Å²) >= 11 is 0. The molecule has 1 saturated heterocycles. The first kappa shape index (κ1) is 20.3. The van der Waals surface area contributed by atoms with Crippen molar-refractivity contribution in [2.24, 2.45) is 0 Å². The lowest BCUT2D eigenvalue weighted by molar-refractivity contribution is -0.140. The largest absolute Gasteiger partial charge is 0.507 e. The van der Waals surface area contributed by atoms with Gasteiger partial charge in [0.1, 0.15) is 11.5 Å². The molecule has 156 valence electrons. The molecular formula is C25H22N2O4. The Morgan fingerprint density at radius 2 is 1.81 bits per heavy atom. The van der Waals surface area contributed by atoms with Crippen molar-refractivity contribution < 1.29 is 19.4 Å². The Kier molecular flexibility index (Phi) is 5.80. The lowest BCUT2D eigenvalue weighted by atomic mass is 9.95. The van der Waals surface area contributed by atoms with Gasteiger partial charge in [-0.05, 0) is 36.8 Å². The van der Waals surface area contributed by atoms with E-state index < -0.39 is 17.7 Å². The topological polar surface area (TPSA) is 79.7 Å². The molecule has 0 radical (unpaired) electrons. The first-order chi connectivity index (χ1) is 15.1. The van der Waals surface area contributed by atoms with Crippen LogP contribution in [0.25, 0.3) is 5.76 Å². The number of hydrogen-bond donors (Lipinski definition) is 1. The van der Waals surface area contributed by atoms with Gasteiger partial charge in [0.25, 0.3) is 11.7 Å². The number of carbonyl (C=O) groups is 2. The molecular weight excluding hydrogens is 392 g/mol. The minimum atomic E-state index is -0.723. The summed E-state index contributed by atoms with van der Waals surface area (Å²) in [6.45, 7) is 2.49. The zero-order valence-electron chi connectivity index (χ0n) is 17.1. The Balaban J connectivity index is 1.83. The number of ether oxygens (including phenoxy) is 1. The maximum absolute atomic E-state index is 13.1. The van der Waals surface area contributed by atoms with Crippen LogP contribution in [0.5, 0.6) is 5.75 Å². The lowest BCUT2D eigenvalue weighted by Crippen LogP contribution is -2.29. The van der Waals surface area contributed by atoms with Crippen LogP contribution in [0.15, 0.2) is 84.6 Å². The molecule has 6 heteroatoms. The van der Waals surface area contributed by atoms with Crippen molar-refractivity contribution in [3.05, 3.63) is 101 Å². The number of carbonyl (C=O) groups excluding carboxylic acids is 2. The summed E-state index contributed by atoms with van der Waals surface area (Å²) in [6, 6.07) is 20.8. The SMILES string of the molecule is CCOc1cccc(/C(O)=C2/C(=O)C(=O)N(Cc3ccccn3)C2c2ccccc2)c1. The Morgan fingerprint density at radius 3 is 2.52 bits per heavy atom. The monoisotopic (exact) mass is 414 g/mol. The molecule has 1 atom stereocenters. The highest BCUT2D eigenvalue weighted by atomic mass is 16.5. The summed E-state index contributed by atoms with van der Waals surface area (Å²) in [5.41, 5.74) is 1.87. The van der Waals surface area contributed by atoms with Crippen LogP contribution >= 0.6 is 0 Å². The van der Waals surface area contributed by atoms with Gasteiger partial charge >= 0.3 is 0 Å². The second-order valence-electron chi connectivity index (χ2n) is 7.12. The molecule has 1 N–H and O–H groups in total. The van der Waals surface area contributed by atoms with Gasteiger partial charge in [-0.2, -0.15) is 0 Å². The van der Waals surface area contributed by atoms with Gasteiger partial charge in [-0.15, -0.1) is 0 Å². The molecule has 1 aromatic heterocycles. The number of likely N-dealkylation sites (tertiary alicyclic amines) is 1. The molecule has 2 aromatic carbocycles. The molecule has 4 rings (SSSR count). The lowest BCUT2D eigenvalue weighted by Gasteiger charge is -2.25. The van der Waals surface area contributed by atoms with Crippen LogP contribution < -0.4 is 4.74 Å². The average Bonchev–Trinajstić information content (AvgIpc) is 3.05. The van der Waals surface area contributed by atoms with E-state index >= 15 is 0 Å². The Labute approximate surface area is 180 Å². The molecule has 1 unspecified atom stereocenters. The van der Waals surface area contributed by atoms with E-state index in [2.05, 4.69) is 4.98 Å². The zero-order chi connectivity index (χ0) is 21.8. The third-order valence-electron chi connectivity index (χ3n) is 5.13. The number of nitrogens with zero attached hydrogens (tertiary/aromatic N) is 2. The van der Waals surface area contributed by atoms with Gasteiger partial charge in [0.15, 0.2) is 0 Å². The molecule has 0 aliphatic carbocycles. The minimum absolute atomic E-state index is 0.0563. The fourth-order valence-electron chi connectivity index (χ4n) is 3.75. The number of ketones is 1. The van der Waals surface area contributed by atoms with Crippen molar-refractivity contribution in [1.82, 2.24) is 9.88 Å². The third kappa shape index (κ3) is 4.05. The summed E-state index contributed by atoms with van der Waals surface area (Å²) in [5.74, 6) is -1.03. The van der Waals surface area contributed by atoms with Gasteiger partial charge in [-0.1, -0.05) is 48.5 Å². The zero-order valence-corrected chi connectivity index (χ0v) is 17.1. The average molecular weight is 414 g/mol. The maximum atomic E-state index is 13.1. The molecule has 0 spiro atoms. The second-order valence-corrected chi connectivity index (χ2v) is 7.12. The predicted molar refractivity (Wildman–Crippen MR) is 116 cm³/mol. The highest BCUT2D eigenvalue weighted by Crippen LogP contribution is 2.40. The number of aliphatic hydroxyl groups is 1. The van der Waals surface area contributed by atoms with Crippen LogP contribution in [-0.4, -0.2) is 33.3 Å². The van der Waals surface area contributed by atoms with E-state index in [0.29, 0.717) is 23.6 Å². The van der Waals surface area contributed by atoms with E-state index in [0.717, 1.165) is 5.56 Å². The standard InChI is InChI=1S/C25H22N2O4/c1-2-31-20-13-8-11-18(15-20)23(28)21-22(17-9-4-3-5-10-17)27(25(30)24(21)29)16-19-12-6-7-14-26-19/h3-15,22,28H,2,16H2,1H3/b23-21-. The third-order valence-corrected chi connectivity index (χ3v) is 5.13. The molecule has 1 aliphatic heterocycles. The summed E-state index contributed by atoms with van der Waals surface area (Å²) < 4.78 is 5.51. The van der Waals surface area contributed by atoms with E-state index in [1.165, 1.54) is 4.90 Å². The van der Waals surface area contributed by atoms with Crippen LogP contribution in [0.2, 0.25) is 0 Å². The van der Waals surface area contributed by atoms with E-state index in [1.54, 1.807) is 42.6 Å². The highest BCUT2D eigenvalue weighted by molar-refractivity contribution is 6.46. The van der Waals surface area contributed by atoms with Crippen molar-refractivity contribution in [3.63, 3.8) is 0 Å². The van der Waals surface area contributed by atoms with E-state index in [4.69, 9.17) is 4.74 Å². The summed E-state index contributed by atoms with van der Waals surface area (Å²) in [5, 5.41) is 11.1. The van der Waals surface area contributed by atoms with Crippen molar-refractivity contribution in [2.45, 2.75) is 19.5 Å². The number of aromatic nitrogens is 1. The fraction of sp³-hybridized carbons (Fsp3) is 0.160.